The molecule has 0 aromatic heterocycles. The average molecular weight is 308 g/mol. The van der Waals surface area contributed by atoms with Gasteiger partial charge in [-0.2, -0.15) is 5.26 Å². The molecule has 1 aromatic carbocycles. The van der Waals surface area contributed by atoms with Crippen LogP contribution in [0, 0.1) is 11.3 Å². The summed E-state index contributed by atoms with van der Waals surface area (Å²) in [4.78, 5) is 2.35. The van der Waals surface area contributed by atoms with Gasteiger partial charge in [0.25, 0.3) is 0 Å². The molecule has 0 aliphatic carbocycles. The topological polar surface area (TPSA) is 70.4 Å². The molecule has 0 amide bonds. The summed E-state index contributed by atoms with van der Waals surface area (Å²) in [6.07, 6.45) is 2.26. The number of piperidine rings is 1. The lowest BCUT2D eigenvalue weighted by molar-refractivity contribution is 0.0337. The van der Waals surface area contributed by atoms with Gasteiger partial charge in [0.05, 0.1) is 28.4 Å². The van der Waals surface area contributed by atoms with Crippen molar-refractivity contribution in [2.45, 2.75) is 23.8 Å². The number of rotatable bonds is 5. The normalized spacial score (nSPS) is 20.1. The first-order valence-corrected chi connectivity index (χ1v) is 8.68. The van der Waals surface area contributed by atoms with Crippen molar-refractivity contribution in [3.8, 4) is 6.07 Å². The van der Waals surface area contributed by atoms with Gasteiger partial charge in [0, 0.05) is 20.2 Å². The van der Waals surface area contributed by atoms with E-state index >= 15 is 0 Å². The molecule has 0 saturated carbocycles. The van der Waals surface area contributed by atoms with Crippen LogP contribution in [0.4, 0.5) is 0 Å². The molecule has 1 heterocycles. The van der Waals surface area contributed by atoms with Crippen LogP contribution in [-0.4, -0.2) is 51.9 Å². The first-order valence-electron chi connectivity index (χ1n) is 7.03. The highest BCUT2D eigenvalue weighted by Gasteiger charge is 2.22. The van der Waals surface area contributed by atoms with Gasteiger partial charge in [-0.1, -0.05) is 6.07 Å². The van der Waals surface area contributed by atoms with Crippen molar-refractivity contribution in [2.24, 2.45) is 0 Å². The summed E-state index contributed by atoms with van der Waals surface area (Å²) in [5.74, 6) is 0.0678. The fourth-order valence-electron chi connectivity index (χ4n) is 2.53. The zero-order chi connectivity index (χ0) is 15.3. The Morgan fingerprint density at radius 3 is 3.00 bits per heavy atom. The van der Waals surface area contributed by atoms with E-state index in [4.69, 9.17) is 10.00 Å². The Hall–Kier alpha value is -1.42. The van der Waals surface area contributed by atoms with Gasteiger partial charge < -0.3 is 4.74 Å². The van der Waals surface area contributed by atoms with Crippen LogP contribution in [0.2, 0.25) is 0 Å². The lowest BCUT2D eigenvalue weighted by atomic mass is 10.1. The van der Waals surface area contributed by atoms with E-state index in [9.17, 15) is 8.42 Å². The predicted octanol–water partition coefficient (Wildman–Crippen LogP) is 1.44. The van der Waals surface area contributed by atoms with E-state index in [-0.39, 0.29) is 16.8 Å². The third kappa shape index (κ3) is 4.27. The van der Waals surface area contributed by atoms with Crippen molar-refractivity contribution in [2.75, 3.05) is 32.5 Å². The second-order valence-corrected chi connectivity index (χ2v) is 7.37. The highest BCUT2D eigenvalue weighted by atomic mass is 32.2. The molecule has 5 nitrogen and oxygen atoms in total. The number of hydrogen-bond donors (Lipinski definition) is 0. The van der Waals surface area contributed by atoms with Crippen molar-refractivity contribution < 1.29 is 13.2 Å². The summed E-state index contributed by atoms with van der Waals surface area (Å²) in [5.41, 5.74) is 0.369. The fraction of sp³-hybridized carbons (Fsp3) is 0.533. The monoisotopic (exact) mass is 308 g/mol. The minimum Gasteiger partial charge on any atom is -0.380 e. The standard InChI is InChI=1S/C15H20N2O3S/c1-20-14-5-3-7-17(12-14)8-9-21(18,19)15-6-2-4-13(10-15)11-16/h2,4,6,10,14H,3,5,7-9,12H2,1H3. The summed E-state index contributed by atoms with van der Waals surface area (Å²) < 4.78 is 30.0. The van der Waals surface area contributed by atoms with Gasteiger partial charge in [-0.3, -0.25) is 4.90 Å². The molecule has 1 saturated heterocycles. The van der Waals surface area contributed by atoms with Crippen molar-refractivity contribution >= 4 is 9.84 Å². The number of nitrogens with zero attached hydrogens (tertiary/aromatic N) is 2. The van der Waals surface area contributed by atoms with Crippen LogP contribution >= 0.6 is 0 Å². The Labute approximate surface area is 126 Å². The van der Waals surface area contributed by atoms with Crippen molar-refractivity contribution in [3.63, 3.8) is 0 Å². The van der Waals surface area contributed by atoms with Gasteiger partial charge in [-0.15, -0.1) is 0 Å². The van der Waals surface area contributed by atoms with Crippen LogP contribution in [0.15, 0.2) is 29.2 Å². The molecule has 1 unspecified atom stereocenters. The van der Waals surface area contributed by atoms with Gasteiger partial charge in [0.1, 0.15) is 0 Å². The zero-order valence-corrected chi connectivity index (χ0v) is 13.0. The lowest BCUT2D eigenvalue weighted by Gasteiger charge is -2.31. The Kier molecular flexibility index (Phi) is 5.34. The van der Waals surface area contributed by atoms with Crippen molar-refractivity contribution in [3.05, 3.63) is 29.8 Å². The third-order valence-corrected chi connectivity index (χ3v) is 5.49. The van der Waals surface area contributed by atoms with Crippen LogP contribution in [0.3, 0.4) is 0 Å². The van der Waals surface area contributed by atoms with Gasteiger partial charge in [0.15, 0.2) is 9.84 Å². The Bertz CT molecular complexity index is 622. The van der Waals surface area contributed by atoms with E-state index in [1.807, 2.05) is 6.07 Å². The summed E-state index contributed by atoms with van der Waals surface area (Å²) in [6.45, 7) is 2.19. The molecule has 1 atom stereocenters. The van der Waals surface area contributed by atoms with Crippen LogP contribution in [0.1, 0.15) is 18.4 Å². The van der Waals surface area contributed by atoms with E-state index in [2.05, 4.69) is 4.90 Å². The maximum absolute atomic E-state index is 12.3. The summed E-state index contributed by atoms with van der Waals surface area (Å²) in [6, 6.07) is 8.16. The van der Waals surface area contributed by atoms with E-state index in [0.29, 0.717) is 12.1 Å². The van der Waals surface area contributed by atoms with Gasteiger partial charge in [-0.05, 0) is 37.6 Å². The molecule has 1 fully saturated rings. The minimum absolute atomic E-state index is 0.0678. The number of sulfone groups is 1. The van der Waals surface area contributed by atoms with Crippen LogP contribution in [0.5, 0.6) is 0 Å². The molecule has 2 rings (SSSR count). The molecule has 1 aliphatic heterocycles. The zero-order valence-electron chi connectivity index (χ0n) is 12.2. The van der Waals surface area contributed by atoms with Crippen molar-refractivity contribution in [1.29, 1.82) is 5.26 Å². The predicted molar refractivity (Wildman–Crippen MR) is 79.7 cm³/mol. The number of likely N-dealkylation sites (tertiary alicyclic amines) is 1. The first-order chi connectivity index (χ1) is 10.0. The van der Waals surface area contributed by atoms with Gasteiger partial charge in [0.2, 0.25) is 0 Å². The molecule has 1 aliphatic rings. The third-order valence-electron chi connectivity index (χ3n) is 3.79. The highest BCUT2D eigenvalue weighted by molar-refractivity contribution is 7.91. The first kappa shape index (κ1) is 16.0. The molecular formula is C15H20N2O3S. The van der Waals surface area contributed by atoms with E-state index in [0.717, 1.165) is 25.9 Å². The molecule has 0 radical (unpaired) electrons. The number of hydrogen-bond acceptors (Lipinski definition) is 5. The Morgan fingerprint density at radius 1 is 1.48 bits per heavy atom. The second-order valence-electron chi connectivity index (χ2n) is 5.26. The molecule has 0 bridgehead atoms. The van der Waals surface area contributed by atoms with E-state index in [1.165, 1.54) is 6.07 Å². The van der Waals surface area contributed by atoms with E-state index < -0.39 is 9.84 Å². The quantitative estimate of drug-likeness (QED) is 0.823. The van der Waals surface area contributed by atoms with Gasteiger partial charge in [-0.25, -0.2) is 8.42 Å². The van der Waals surface area contributed by atoms with Gasteiger partial charge >= 0.3 is 0 Å². The molecule has 1 aromatic rings. The summed E-state index contributed by atoms with van der Waals surface area (Å²) in [5, 5.41) is 8.85. The summed E-state index contributed by atoms with van der Waals surface area (Å²) >= 11 is 0. The lowest BCUT2D eigenvalue weighted by Crippen LogP contribution is -2.41. The maximum Gasteiger partial charge on any atom is 0.179 e. The molecular weight excluding hydrogens is 288 g/mol. The maximum atomic E-state index is 12.3. The SMILES string of the molecule is COC1CCCN(CCS(=O)(=O)c2cccc(C#N)c2)C1. The number of ether oxygens (including phenoxy) is 1. The molecule has 114 valence electrons. The number of nitriles is 1. The second kappa shape index (κ2) is 7.03. The van der Waals surface area contributed by atoms with Crippen LogP contribution in [0.25, 0.3) is 0 Å². The Morgan fingerprint density at radius 2 is 2.29 bits per heavy atom. The average Bonchev–Trinajstić information content (AvgIpc) is 2.53. The smallest absolute Gasteiger partial charge is 0.179 e. The number of methoxy groups -OCH3 is 1. The van der Waals surface area contributed by atoms with Crippen LogP contribution in [-0.2, 0) is 14.6 Å². The largest absolute Gasteiger partial charge is 0.380 e. The highest BCUT2D eigenvalue weighted by Crippen LogP contribution is 2.16. The summed E-state index contributed by atoms with van der Waals surface area (Å²) in [7, 11) is -1.66. The molecule has 0 spiro atoms. The number of benzene rings is 1. The molecule has 0 N–H and O–H groups in total. The minimum atomic E-state index is -3.35. The fourth-order valence-corrected chi connectivity index (χ4v) is 3.86. The molecule has 21 heavy (non-hydrogen) atoms. The Balaban J connectivity index is 1.99. The van der Waals surface area contributed by atoms with E-state index in [1.54, 1.807) is 25.3 Å². The van der Waals surface area contributed by atoms with Crippen LogP contribution < -0.4 is 0 Å². The van der Waals surface area contributed by atoms with Crippen molar-refractivity contribution in [1.82, 2.24) is 4.90 Å². The molecule has 6 heteroatoms.